The molecule has 2 heterocycles. The van der Waals surface area contributed by atoms with E-state index < -0.39 is 0 Å². The second kappa shape index (κ2) is 6.69. The average molecular weight is 358 g/mol. The molecule has 0 aromatic heterocycles. The molecule has 25 heavy (non-hydrogen) atoms. The standard InChI is InChI=1S/C19H16ClNO4/c20-15-2-4-16-13(9-15)8-14(10-23-16)19(22)21-6-5-12-1-3-17-18(7-12)25-11-24-17/h1-4,7-9H,5-6,10-11H2,(H,21,22). The van der Waals surface area contributed by atoms with Crippen LogP contribution in [0.1, 0.15) is 11.1 Å². The molecule has 0 spiro atoms. The van der Waals surface area contributed by atoms with Gasteiger partial charge < -0.3 is 19.5 Å². The van der Waals surface area contributed by atoms with Crippen LogP contribution in [-0.2, 0) is 11.2 Å². The van der Waals surface area contributed by atoms with Crippen LogP contribution < -0.4 is 19.5 Å². The lowest BCUT2D eigenvalue weighted by Crippen LogP contribution is -2.30. The van der Waals surface area contributed by atoms with Crippen LogP contribution in [0.4, 0.5) is 0 Å². The van der Waals surface area contributed by atoms with Crippen molar-refractivity contribution < 1.29 is 19.0 Å². The molecule has 128 valence electrons. The number of carbonyl (C=O) groups is 1. The summed E-state index contributed by atoms with van der Waals surface area (Å²) in [5.74, 6) is 2.11. The van der Waals surface area contributed by atoms with Crippen molar-refractivity contribution in [1.29, 1.82) is 0 Å². The van der Waals surface area contributed by atoms with E-state index in [4.69, 9.17) is 25.8 Å². The van der Waals surface area contributed by atoms with Crippen LogP contribution in [0.5, 0.6) is 17.2 Å². The van der Waals surface area contributed by atoms with Crippen LogP contribution in [0.25, 0.3) is 6.08 Å². The number of rotatable bonds is 4. The summed E-state index contributed by atoms with van der Waals surface area (Å²) < 4.78 is 16.3. The van der Waals surface area contributed by atoms with Crippen LogP contribution in [0.2, 0.25) is 5.02 Å². The predicted octanol–water partition coefficient (Wildman–Crippen LogP) is 3.20. The fraction of sp³-hybridized carbons (Fsp3) is 0.211. The minimum Gasteiger partial charge on any atom is -0.488 e. The summed E-state index contributed by atoms with van der Waals surface area (Å²) in [6.45, 7) is 1.04. The normalized spacial score (nSPS) is 14.4. The second-order valence-electron chi connectivity index (χ2n) is 5.83. The third-order valence-corrected chi connectivity index (χ3v) is 4.35. The molecule has 2 aromatic carbocycles. The molecule has 4 rings (SSSR count). The average Bonchev–Trinajstić information content (AvgIpc) is 3.08. The lowest BCUT2D eigenvalue weighted by atomic mass is 10.1. The highest BCUT2D eigenvalue weighted by molar-refractivity contribution is 6.30. The molecule has 0 bridgehead atoms. The van der Waals surface area contributed by atoms with Gasteiger partial charge in [-0.2, -0.15) is 0 Å². The van der Waals surface area contributed by atoms with E-state index in [0.29, 0.717) is 23.6 Å². The Kier molecular flexibility index (Phi) is 4.24. The number of nitrogens with one attached hydrogen (secondary N) is 1. The van der Waals surface area contributed by atoms with Crippen LogP contribution in [0.15, 0.2) is 42.0 Å². The predicted molar refractivity (Wildman–Crippen MR) is 94.2 cm³/mol. The highest BCUT2D eigenvalue weighted by Crippen LogP contribution is 2.32. The molecule has 0 unspecified atom stereocenters. The van der Waals surface area contributed by atoms with E-state index in [2.05, 4.69) is 5.32 Å². The summed E-state index contributed by atoms with van der Waals surface area (Å²) in [6.07, 6.45) is 2.53. The summed E-state index contributed by atoms with van der Waals surface area (Å²) in [6, 6.07) is 11.2. The Morgan fingerprint density at radius 1 is 1.04 bits per heavy atom. The van der Waals surface area contributed by atoms with E-state index in [-0.39, 0.29) is 19.3 Å². The highest BCUT2D eigenvalue weighted by atomic mass is 35.5. The second-order valence-corrected chi connectivity index (χ2v) is 6.27. The molecule has 0 fully saturated rings. The summed E-state index contributed by atoms with van der Waals surface area (Å²) in [5, 5.41) is 3.54. The number of ether oxygens (including phenoxy) is 3. The molecule has 2 aliphatic heterocycles. The molecular weight excluding hydrogens is 342 g/mol. The first-order valence-electron chi connectivity index (χ1n) is 7.99. The van der Waals surface area contributed by atoms with Gasteiger partial charge in [-0.1, -0.05) is 17.7 Å². The minimum atomic E-state index is -0.133. The zero-order valence-corrected chi connectivity index (χ0v) is 14.1. The van der Waals surface area contributed by atoms with Crippen molar-refractivity contribution in [3.05, 3.63) is 58.1 Å². The largest absolute Gasteiger partial charge is 0.488 e. The molecule has 6 heteroatoms. The van der Waals surface area contributed by atoms with Crippen LogP contribution >= 0.6 is 11.6 Å². The molecular formula is C19H16ClNO4. The van der Waals surface area contributed by atoms with Crippen molar-refractivity contribution >= 4 is 23.6 Å². The first kappa shape index (κ1) is 15.8. The van der Waals surface area contributed by atoms with Crippen molar-refractivity contribution in [2.45, 2.75) is 6.42 Å². The van der Waals surface area contributed by atoms with E-state index >= 15 is 0 Å². The number of carbonyl (C=O) groups excluding carboxylic acids is 1. The van der Waals surface area contributed by atoms with Crippen molar-refractivity contribution in [2.24, 2.45) is 0 Å². The topological polar surface area (TPSA) is 56.8 Å². The highest BCUT2D eigenvalue weighted by Gasteiger charge is 2.17. The number of hydrogen-bond acceptors (Lipinski definition) is 4. The summed E-state index contributed by atoms with van der Waals surface area (Å²) in [7, 11) is 0. The van der Waals surface area contributed by atoms with E-state index in [1.165, 1.54) is 0 Å². The maximum atomic E-state index is 12.3. The quantitative estimate of drug-likeness (QED) is 0.913. The van der Waals surface area contributed by atoms with Crippen molar-refractivity contribution in [1.82, 2.24) is 5.32 Å². The Balaban J connectivity index is 1.36. The zero-order chi connectivity index (χ0) is 17.2. The lowest BCUT2D eigenvalue weighted by Gasteiger charge is -2.17. The zero-order valence-electron chi connectivity index (χ0n) is 13.4. The van der Waals surface area contributed by atoms with Gasteiger partial charge in [-0.25, -0.2) is 0 Å². The number of halogens is 1. The molecule has 2 aromatic rings. The fourth-order valence-electron chi connectivity index (χ4n) is 2.81. The molecule has 2 aliphatic rings. The number of benzene rings is 2. The molecule has 0 aliphatic carbocycles. The van der Waals surface area contributed by atoms with Crippen molar-refractivity contribution in [3.8, 4) is 17.2 Å². The van der Waals surface area contributed by atoms with Crippen LogP contribution in [0, 0.1) is 0 Å². The van der Waals surface area contributed by atoms with Crippen molar-refractivity contribution in [2.75, 3.05) is 19.9 Å². The van der Waals surface area contributed by atoms with Gasteiger partial charge in [0.1, 0.15) is 12.4 Å². The summed E-state index contributed by atoms with van der Waals surface area (Å²) in [5.41, 5.74) is 2.48. The van der Waals surface area contributed by atoms with Crippen LogP contribution in [-0.4, -0.2) is 25.9 Å². The minimum absolute atomic E-state index is 0.133. The Hall–Kier alpha value is -2.66. The maximum Gasteiger partial charge on any atom is 0.250 e. The molecule has 0 saturated carbocycles. The molecule has 5 nitrogen and oxygen atoms in total. The van der Waals surface area contributed by atoms with E-state index in [0.717, 1.165) is 28.4 Å². The van der Waals surface area contributed by atoms with Gasteiger partial charge in [-0.3, -0.25) is 4.79 Å². The fourth-order valence-corrected chi connectivity index (χ4v) is 2.99. The Morgan fingerprint density at radius 3 is 2.80 bits per heavy atom. The Labute approximate surface area is 150 Å². The van der Waals surface area contributed by atoms with Gasteiger partial charge in [-0.15, -0.1) is 0 Å². The molecule has 1 N–H and O–H groups in total. The monoisotopic (exact) mass is 357 g/mol. The van der Waals surface area contributed by atoms with Gasteiger partial charge in [0, 0.05) is 17.1 Å². The van der Waals surface area contributed by atoms with Gasteiger partial charge in [0.2, 0.25) is 6.79 Å². The van der Waals surface area contributed by atoms with Gasteiger partial charge in [0.25, 0.3) is 5.91 Å². The summed E-state index contributed by atoms with van der Waals surface area (Å²) in [4.78, 5) is 12.3. The molecule has 0 saturated heterocycles. The number of amides is 1. The third-order valence-electron chi connectivity index (χ3n) is 4.11. The van der Waals surface area contributed by atoms with E-state index in [1.807, 2.05) is 30.3 Å². The number of fused-ring (bicyclic) bond motifs is 2. The smallest absolute Gasteiger partial charge is 0.250 e. The van der Waals surface area contributed by atoms with Gasteiger partial charge in [-0.05, 0) is 48.4 Å². The summed E-state index contributed by atoms with van der Waals surface area (Å²) >= 11 is 5.99. The van der Waals surface area contributed by atoms with E-state index in [1.54, 1.807) is 12.1 Å². The third kappa shape index (κ3) is 3.42. The lowest BCUT2D eigenvalue weighted by molar-refractivity contribution is -0.117. The Bertz CT molecular complexity index is 862. The molecule has 1 amide bonds. The van der Waals surface area contributed by atoms with Gasteiger partial charge in [0.05, 0.1) is 5.57 Å². The SMILES string of the molecule is O=C(NCCc1ccc2c(c1)OCO2)C1=Cc2cc(Cl)ccc2OC1. The van der Waals surface area contributed by atoms with E-state index in [9.17, 15) is 4.79 Å². The maximum absolute atomic E-state index is 12.3. The van der Waals surface area contributed by atoms with Crippen molar-refractivity contribution in [3.63, 3.8) is 0 Å². The molecule has 0 radical (unpaired) electrons. The van der Waals surface area contributed by atoms with Gasteiger partial charge >= 0.3 is 0 Å². The first-order chi connectivity index (χ1) is 12.2. The number of hydrogen-bond donors (Lipinski definition) is 1. The van der Waals surface area contributed by atoms with Gasteiger partial charge in [0.15, 0.2) is 11.5 Å². The molecule has 0 atom stereocenters. The first-order valence-corrected chi connectivity index (χ1v) is 8.36. The Morgan fingerprint density at radius 2 is 1.88 bits per heavy atom. The van der Waals surface area contributed by atoms with Crippen LogP contribution in [0.3, 0.4) is 0 Å².